The van der Waals surface area contributed by atoms with E-state index in [1.165, 1.54) is 0 Å². The first-order valence-electron chi connectivity index (χ1n) is 6.80. The molecule has 1 rings (SSSR count). The topological polar surface area (TPSA) is 92.5 Å². The minimum absolute atomic E-state index is 0.0458. The zero-order valence-corrected chi connectivity index (χ0v) is 12.6. The van der Waals surface area contributed by atoms with Gasteiger partial charge in [0.15, 0.2) is 0 Å². The summed E-state index contributed by atoms with van der Waals surface area (Å²) in [6, 6.07) is -0.0458. The number of carbonyl (C=O) groups is 1. The molecule has 0 bridgehead atoms. The Morgan fingerprint density at radius 3 is 2.42 bits per heavy atom. The van der Waals surface area contributed by atoms with E-state index in [2.05, 4.69) is 4.72 Å². The summed E-state index contributed by atoms with van der Waals surface area (Å²) in [5.74, 6) is 0.384. The predicted molar refractivity (Wildman–Crippen MR) is 75.0 cm³/mol. The molecular formula is C12H25N3O3S. The highest BCUT2D eigenvalue weighted by molar-refractivity contribution is 7.88. The summed E-state index contributed by atoms with van der Waals surface area (Å²) in [6.45, 7) is 3.81. The maximum Gasteiger partial charge on any atom is 0.222 e. The highest BCUT2D eigenvalue weighted by Gasteiger charge is 2.25. The Bertz CT molecular complexity index is 385. The number of likely N-dealkylation sites (tertiary alicyclic amines) is 1. The Hall–Kier alpha value is -0.660. The lowest BCUT2D eigenvalue weighted by atomic mass is 10.00. The highest BCUT2D eigenvalue weighted by atomic mass is 32.2. The van der Waals surface area contributed by atoms with Crippen molar-refractivity contribution < 1.29 is 13.2 Å². The van der Waals surface area contributed by atoms with E-state index in [-0.39, 0.29) is 17.9 Å². The van der Waals surface area contributed by atoms with E-state index >= 15 is 0 Å². The molecule has 1 fully saturated rings. The smallest absolute Gasteiger partial charge is 0.222 e. The summed E-state index contributed by atoms with van der Waals surface area (Å²) in [5, 5.41) is 0. The number of sulfonamides is 1. The second-order valence-corrected chi connectivity index (χ2v) is 7.04. The molecule has 0 saturated carbocycles. The van der Waals surface area contributed by atoms with Gasteiger partial charge in [-0.05, 0) is 25.3 Å². The molecule has 1 aliphatic heterocycles. The molecule has 7 heteroatoms. The zero-order valence-electron chi connectivity index (χ0n) is 11.8. The molecule has 0 aromatic rings. The fourth-order valence-electron chi connectivity index (χ4n) is 2.32. The van der Waals surface area contributed by atoms with Crippen LogP contribution in [0.1, 0.15) is 32.6 Å². The molecule has 112 valence electrons. The summed E-state index contributed by atoms with van der Waals surface area (Å²) < 4.78 is 24.9. The number of nitrogens with two attached hydrogens (primary N) is 1. The largest absolute Gasteiger partial charge is 0.343 e. The first kappa shape index (κ1) is 16.4. The van der Waals surface area contributed by atoms with Crippen LogP contribution in [0, 0.1) is 5.92 Å². The number of rotatable bonds is 6. The quantitative estimate of drug-likeness (QED) is 0.715. The molecule has 1 aliphatic rings. The maximum absolute atomic E-state index is 12.0. The molecule has 0 aromatic carbocycles. The lowest BCUT2D eigenvalue weighted by molar-refractivity contribution is -0.133. The number of nitrogens with one attached hydrogen (secondary N) is 1. The van der Waals surface area contributed by atoms with Gasteiger partial charge in [-0.15, -0.1) is 0 Å². The van der Waals surface area contributed by atoms with Crippen LogP contribution < -0.4 is 10.5 Å². The lowest BCUT2D eigenvalue weighted by Gasteiger charge is -2.32. The highest BCUT2D eigenvalue weighted by Crippen LogP contribution is 2.15. The third kappa shape index (κ3) is 5.88. The van der Waals surface area contributed by atoms with Crippen LogP contribution >= 0.6 is 0 Å². The molecule has 0 radical (unpaired) electrons. The minimum Gasteiger partial charge on any atom is -0.343 e. The molecule has 3 N–H and O–H groups in total. The third-order valence-corrected chi connectivity index (χ3v) is 4.36. The van der Waals surface area contributed by atoms with E-state index in [0.29, 0.717) is 38.9 Å². The Morgan fingerprint density at radius 2 is 2.00 bits per heavy atom. The standard InChI is InChI=1S/C12H25N3O3S/c1-3-10(9-13)8-12(16)15-6-4-11(5-7-15)14-19(2,17)18/h10-11,14H,3-9,13H2,1-2H3. The van der Waals surface area contributed by atoms with Crippen LogP contribution in [-0.2, 0) is 14.8 Å². The zero-order chi connectivity index (χ0) is 14.5. The Morgan fingerprint density at radius 1 is 1.42 bits per heavy atom. The predicted octanol–water partition coefficient (Wildman–Crippen LogP) is -0.0984. The van der Waals surface area contributed by atoms with Crippen LogP contribution in [0.25, 0.3) is 0 Å². The molecule has 19 heavy (non-hydrogen) atoms. The van der Waals surface area contributed by atoms with Gasteiger partial charge in [-0.1, -0.05) is 13.3 Å². The molecular weight excluding hydrogens is 266 g/mol. The third-order valence-electron chi connectivity index (χ3n) is 3.60. The molecule has 1 unspecified atom stereocenters. The van der Waals surface area contributed by atoms with Crippen LogP contribution in [0.2, 0.25) is 0 Å². The summed E-state index contributed by atoms with van der Waals surface area (Å²) in [6.07, 6.45) is 3.93. The molecule has 0 aliphatic carbocycles. The number of carbonyl (C=O) groups excluding carboxylic acids is 1. The van der Waals surface area contributed by atoms with Crippen molar-refractivity contribution in [2.75, 3.05) is 25.9 Å². The first-order chi connectivity index (χ1) is 8.85. The van der Waals surface area contributed by atoms with E-state index in [1.807, 2.05) is 11.8 Å². The monoisotopic (exact) mass is 291 g/mol. The second-order valence-electron chi connectivity index (χ2n) is 5.26. The summed E-state index contributed by atoms with van der Waals surface area (Å²) >= 11 is 0. The Balaban J connectivity index is 2.39. The van der Waals surface area contributed by atoms with Crippen molar-refractivity contribution in [3.8, 4) is 0 Å². The molecule has 0 spiro atoms. The van der Waals surface area contributed by atoms with Gasteiger partial charge >= 0.3 is 0 Å². The van der Waals surface area contributed by atoms with Gasteiger partial charge in [0.2, 0.25) is 15.9 Å². The second kappa shape index (κ2) is 7.21. The van der Waals surface area contributed by atoms with Crippen molar-refractivity contribution in [2.24, 2.45) is 11.7 Å². The average molecular weight is 291 g/mol. The van der Waals surface area contributed by atoms with Crippen molar-refractivity contribution in [2.45, 2.75) is 38.6 Å². The van der Waals surface area contributed by atoms with Gasteiger partial charge in [-0.2, -0.15) is 0 Å². The van der Waals surface area contributed by atoms with E-state index in [1.54, 1.807) is 0 Å². The van der Waals surface area contributed by atoms with Crippen molar-refractivity contribution in [3.05, 3.63) is 0 Å². The molecule has 1 atom stereocenters. The summed E-state index contributed by atoms with van der Waals surface area (Å²) in [4.78, 5) is 13.9. The van der Waals surface area contributed by atoms with Crippen LogP contribution in [0.4, 0.5) is 0 Å². The van der Waals surface area contributed by atoms with E-state index in [9.17, 15) is 13.2 Å². The van der Waals surface area contributed by atoms with Crippen molar-refractivity contribution in [3.63, 3.8) is 0 Å². The SMILES string of the molecule is CCC(CN)CC(=O)N1CCC(NS(C)(=O)=O)CC1. The Kier molecular flexibility index (Phi) is 6.22. The van der Waals surface area contributed by atoms with E-state index in [0.717, 1.165) is 12.7 Å². The first-order valence-corrected chi connectivity index (χ1v) is 8.70. The average Bonchev–Trinajstić information content (AvgIpc) is 2.34. The number of amides is 1. The molecule has 1 amide bonds. The Labute approximate surface area is 115 Å². The summed E-state index contributed by atoms with van der Waals surface area (Å²) in [5.41, 5.74) is 5.61. The fourth-order valence-corrected chi connectivity index (χ4v) is 3.16. The van der Waals surface area contributed by atoms with Gasteiger partial charge < -0.3 is 10.6 Å². The van der Waals surface area contributed by atoms with Gasteiger partial charge in [0.1, 0.15) is 0 Å². The van der Waals surface area contributed by atoms with E-state index in [4.69, 9.17) is 5.73 Å². The minimum atomic E-state index is -3.16. The van der Waals surface area contributed by atoms with Crippen molar-refractivity contribution >= 4 is 15.9 Å². The van der Waals surface area contributed by atoms with Crippen LogP contribution in [0.5, 0.6) is 0 Å². The van der Waals surface area contributed by atoms with Gasteiger partial charge in [-0.3, -0.25) is 4.79 Å². The van der Waals surface area contributed by atoms with E-state index < -0.39 is 10.0 Å². The summed E-state index contributed by atoms with van der Waals surface area (Å²) in [7, 11) is -3.16. The number of piperidine rings is 1. The molecule has 6 nitrogen and oxygen atoms in total. The van der Waals surface area contributed by atoms with Crippen molar-refractivity contribution in [1.29, 1.82) is 0 Å². The maximum atomic E-state index is 12.0. The molecule has 1 heterocycles. The van der Waals surface area contributed by atoms with Gasteiger partial charge in [0.05, 0.1) is 6.26 Å². The van der Waals surface area contributed by atoms with Crippen LogP contribution in [-0.4, -0.2) is 51.2 Å². The van der Waals surface area contributed by atoms with Gasteiger partial charge in [-0.25, -0.2) is 13.1 Å². The number of hydrogen-bond donors (Lipinski definition) is 2. The number of nitrogens with zero attached hydrogens (tertiary/aromatic N) is 1. The number of hydrogen-bond acceptors (Lipinski definition) is 4. The lowest BCUT2D eigenvalue weighted by Crippen LogP contribution is -2.46. The van der Waals surface area contributed by atoms with Crippen LogP contribution in [0.15, 0.2) is 0 Å². The van der Waals surface area contributed by atoms with Crippen molar-refractivity contribution in [1.82, 2.24) is 9.62 Å². The molecule has 0 aromatic heterocycles. The fraction of sp³-hybridized carbons (Fsp3) is 0.917. The molecule has 1 saturated heterocycles. The normalized spacial score (nSPS) is 19.4. The van der Waals surface area contributed by atoms with Gasteiger partial charge in [0, 0.05) is 25.6 Å². The van der Waals surface area contributed by atoms with Gasteiger partial charge in [0.25, 0.3) is 0 Å². The van der Waals surface area contributed by atoms with Crippen LogP contribution in [0.3, 0.4) is 0 Å².